The predicted molar refractivity (Wildman–Crippen MR) is 123 cm³/mol. The molecule has 0 aliphatic carbocycles. The molecule has 0 saturated carbocycles. The molecule has 164 valence electrons. The van der Waals surface area contributed by atoms with Crippen LogP contribution in [-0.4, -0.2) is 67.4 Å². The summed E-state index contributed by atoms with van der Waals surface area (Å²) in [5.41, 5.74) is 3.10. The number of pyridine rings is 1. The summed E-state index contributed by atoms with van der Waals surface area (Å²) in [6.07, 6.45) is 1.84. The fourth-order valence-corrected chi connectivity index (χ4v) is 5.73. The van der Waals surface area contributed by atoms with Crippen LogP contribution in [0.5, 0.6) is 11.5 Å². The van der Waals surface area contributed by atoms with Crippen molar-refractivity contribution in [2.45, 2.75) is 24.3 Å². The van der Waals surface area contributed by atoms with Crippen LogP contribution in [0.4, 0.5) is 5.69 Å². The minimum absolute atomic E-state index is 0.0185. The third-order valence-electron chi connectivity index (χ3n) is 6.08. The SMILES string of the molecule is COc1cc(N2CCOCC2)c(OC)cc1[C@@H]1[C@H](c2ccccn2)N=C2S[C@@H](C)CN21. The molecule has 0 bridgehead atoms. The third-order valence-corrected chi connectivity index (χ3v) is 7.19. The van der Waals surface area contributed by atoms with Gasteiger partial charge in [-0.3, -0.25) is 9.98 Å². The number of thioether (sulfide) groups is 1. The monoisotopic (exact) mass is 440 g/mol. The van der Waals surface area contributed by atoms with Gasteiger partial charge in [0.25, 0.3) is 0 Å². The molecule has 3 atom stereocenters. The number of methoxy groups -OCH3 is 2. The van der Waals surface area contributed by atoms with Crippen LogP contribution in [0.25, 0.3) is 0 Å². The molecule has 0 radical (unpaired) electrons. The van der Waals surface area contributed by atoms with Crippen LogP contribution < -0.4 is 14.4 Å². The number of aliphatic imine (C=N–C) groups is 1. The maximum atomic E-state index is 5.93. The number of amidine groups is 1. The van der Waals surface area contributed by atoms with Crippen LogP contribution in [0, 0.1) is 0 Å². The fraction of sp³-hybridized carbons (Fsp3) is 0.478. The van der Waals surface area contributed by atoms with Gasteiger partial charge in [-0.2, -0.15) is 0 Å². The molecule has 7 nitrogen and oxygen atoms in total. The molecule has 1 aromatic heterocycles. The maximum Gasteiger partial charge on any atom is 0.160 e. The molecule has 0 spiro atoms. The maximum absolute atomic E-state index is 5.93. The molecule has 31 heavy (non-hydrogen) atoms. The van der Waals surface area contributed by atoms with E-state index in [4.69, 9.17) is 19.2 Å². The quantitative estimate of drug-likeness (QED) is 0.705. The average Bonchev–Trinajstić information content (AvgIpc) is 3.35. The minimum Gasteiger partial charge on any atom is -0.496 e. The predicted octanol–water partition coefficient (Wildman–Crippen LogP) is 3.52. The highest BCUT2D eigenvalue weighted by Crippen LogP contribution is 2.51. The summed E-state index contributed by atoms with van der Waals surface area (Å²) in [5, 5.41) is 1.60. The van der Waals surface area contributed by atoms with Crippen molar-refractivity contribution in [2.24, 2.45) is 4.99 Å². The van der Waals surface area contributed by atoms with Gasteiger partial charge >= 0.3 is 0 Å². The molecular formula is C23H28N4O3S. The van der Waals surface area contributed by atoms with Gasteiger partial charge in [0.15, 0.2) is 5.17 Å². The molecule has 0 N–H and O–H groups in total. The highest BCUT2D eigenvalue weighted by atomic mass is 32.2. The highest BCUT2D eigenvalue weighted by Gasteiger charge is 2.45. The molecule has 2 aromatic rings. The van der Waals surface area contributed by atoms with Gasteiger partial charge in [0, 0.05) is 42.7 Å². The van der Waals surface area contributed by atoms with Gasteiger partial charge in [-0.05, 0) is 18.2 Å². The van der Waals surface area contributed by atoms with Crippen LogP contribution in [0.1, 0.15) is 30.3 Å². The Morgan fingerprint density at radius 1 is 1.10 bits per heavy atom. The summed E-state index contributed by atoms with van der Waals surface area (Å²) in [6.45, 7) is 6.32. The lowest BCUT2D eigenvalue weighted by atomic mass is 9.94. The van der Waals surface area contributed by atoms with Gasteiger partial charge in [-0.15, -0.1) is 0 Å². The molecule has 5 rings (SSSR count). The second-order valence-electron chi connectivity index (χ2n) is 8.00. The number of hydrogen-bond acceptors (Lipinski definition) is 8. The Morgan fingerprint density at radius 3 is 2.61 bits per heavy atom. The number of anilines is 1. The van der Waals surface area contributed by atoms with Crippen LogP contribution in [-0.2, 0) is 4.74 Å². The first-order chi connectivity index (χ1) is 15.2. The zero-order chi connectivity index (χ0) is 21.4. The number of nitrogens with zero attached hydrogens (tertiary/aromatic N) is 4. The van der Waals surface area contributed by atoms with E-state index in [1.54, 1.807) is 14.2 Å². The topological polar surface area (TPSA) is 59.4 Å². The van der Waals surface area contributed by atoms with E-state index < -0.39 is 0 Å². The first-order valence-electron chi connectivity index (χ1n) is 10.7. The van der Waals surface area contributed by atoms with E-state index in [-0.39, 0.29) is 12.1 Å². The first-order valence-corrected chi connectivity index (χ1v) is 11.6. The number of ether oxygens (including phenoxy) is 3. The van der Waals surface area contributed by atoms with Crippen molar-refractivity contribution in [3.8, 4) is 11.5 Å². The third kappa shape index (κ3) is 3.72. The number of aromatic nitrogens is 1. The van der Waals surface area contributed by atoms with E-state index in [1.165, 1.54) is 0 Å². The van der Waals surface area contributed by atoms with Crippen molar-refractivity contribution in [3.63, 3.8) is 0 Å². The van der Waals surface area contributed by atoms with E-state index in [0.717, 1.165) is 66.5 Å². The van der Waals surface area contributed by atoms with Gasteiger partial charge in [0.05, 0.1) is 44.9 Å². The molecule has 4 heterocycles. The molecule has 3 aliphatic heterocycles. The van der Waals surface area contributed by atoms with E-state index >= 15 is 0 Å². The van der Waals surface area contributed by atoms with Crippen LogP contribution in [0.2, 0.25) is 0 Å². The summed E-state index contributed by atoms with van der Waals surface area (Å²) in [6, 6.07) is 10.2. The van der Waals surface area contributed by atoms with Crippen LogP contribution >= 0.6 is 11.8 Å². The summed E-state index contributed by atoms with van der Waals surface area (Å²) < 4.78 is 17.3. The Kier molecular flexibility index (Phi) is 5.67. The van der Waals surface area contributed by atoms with Gasteiger partial charge in [0.2, 0.25) is 0 Å². The largest absolute Gasteiger partial charge is 0.496 e. The Balaban J connectivity index is 1.59. The second kappa shape index (κ2) is 8.59. The Bertz CT molecular complexity index is 965. The molecule has 0 unspecified atom stereocenters. The second-order valence-corrected chi connectivity index (χ2v) is 9.41. The van der Waals surface area contributed by atoms with Gasteiger partial charge < -0.3 is 24.0 Å². The lowest BCUT2D eigenvalue weighted by molar-refractivity contribution is 0.122. The Hall–Kier alpha value is -2.45. The molecular weight excluding hydrogens is 412 g/mol. The van der Waals surface area contributed by atoms with Crippen molar-refractivity contribution in [1.29, 1.82) is 0 Å². The van der Waals surface area contributed by atoms with E-state index in [2.05, 4.69) is 39.9 Å². The number of morpholine rings is 1. The number of fused-ring (bicyclic) bond motifs is 1. The molecule has 2 saturated heterocycles. The van der Waals surface area contributed by atoms with Crippen LogP contribution in [0.15, 0.2) is 41.5 Å². The normalized spacial score (nSPS) is 25.4. The highest BCUT2D eigenvalue weighted by molar-refractivity contribution is 8.14. The molecule has 1 aromatic carbocycles. The van der Waals surface area contributed by atoms with Crippen molar-refractivity contribution < 1.29 is 14.2 Å². The Morgan fingerprint density at radius 2 is 1.90 bits per heavy atom. The lowest BCUT2D eigenvalue weighted by Crippen LogP contribution is -2.36. The zero-order valence-electron chi connectivity index (χ0n) is 18.2. The molecule has 0 amide bonds. The summed E-state index contributed by atoms with van der Waals surface area (Å²) >= 11 is 1.84. The molecule has 3 aliphatic rings. The summed E-state index contributed by atoms with van der Waals surface area (Å²) in [5.74, 6) is 1.71. The average molecular weight is 441 g/mol. The molecule has 8 heteroatoms. The summed E-state index contributed by atoms with van der Waals surface area (Å²) in [7, 11) is 3.47. The number of hydrogen-bond donors (Lipinski definition) is 0. The van der Waals surface area contributed by atoms with Gasteiger partial charge in [0.1, 0.15) is 17.5 Å². The minimum atomic E-state index is -0.0796. The van der Waals surface area contributed by atoms with Crippen molar-refractivity contribution >= 4 is 22.6 Å². The fourth-order valence-electron chi connectivity index (χ4n) is 4.64. The zero-order valence-corrected chi connectivity index (χ0v) is 19.0. The van der Waals surface area contributed by atoms with Crippen molar-refractivity contribution in [3.05, 3.63) is 47.8 Å². The van der Waals surface area contributed by atoms with Crippen molar-refractivity contribution in [1.82, 2.24) is 9.88 Å². The smallest absolute Gasteiger partial charge is 0.160 e. The van der Waals surface area contributed by atoms with Crippen LogP contribution in [0.3, 0.4) is 0 Å². The first kappa shape index (κ1) is 20.5. The lowest BCUT2D eigenvalue weighted by Gasteiger charge is -2.33. The molecule has 2 fully saturated rings. The number of benzene rings is 1. The standard InChI is InChI=1S/C23H28N4O3S/c1-15-14-27-22(21(25-23(27)31-15)17-6-4-5-7-24-17)16-12-20(29-3)18(13-19(16)28-2)26-8-10-30-11-9-26/h4-7,12-13,15,21-22H,8-11,14H2,1-3H3/t15-,21-,22+/m0/s1. The summed E-state index contributed by atoms with van der Waals surface area (Å²) in [4.78, 5) is 14.4. The Labute approximate surface area is 187 Å². The van der Waals surface area contributed by atoms with E-state index in [1.807, 2.05) is 30.1 Å². The van der Waals surface area contributed by atoms with Gasteiger partial charge in [-0.1, -0.05) is 24.8 Å². The van der Waals surface area contributed by atoms with Crippen molar-refractivity contribution in [2.75, 3.05) is 52.0 Å². The van der Waals surface area contributed by atoms with E-state index in [0.29, 0.717) is 5.25 Å². The van der Waals surface area contributed by atoms with Gasteiger partial charge in [-0.25, -0.2) is 0 Å². The number of rotatable bonds is 5. The van der Waals surface area contributed by atoms with E-state index in [9.17, 15) is 0 Å².